The standard InChI is InChI=1S/C12H13N3O/c1-8-3-9(2)5-10(4-8)6-11(16)12-13-7-14-15-12/h3-5,7H,6H2,1-2H3,(H,13,14,15). The Bertz CT molecular complexity index is 483. The Labute approximate surface area is 93.7 Å². The Balaban J connectivity index is 2.18. The Morgan fingerprint density at radius 1 is 1.25 bits per heavy atom. The molecule has 0 aliphatic heterocycles. The zero-order valence-electron chi connectivity index (χ0n) is 9.32. The van der Waals surface area contributed by atoms with E-state index in [0.29, 0.717) is 12.2 Å². The number of nitrogens with zero attached hydrogens (tertiary/aromatic N) is 2. The number of carbonyl (C=O) groups excluding carboxylic acids is 1. The van der Waals surface area contributed by atoms with Crippen LogP contribution >= 0.6 is 0 Å². The molecule has 16 heavy (non-hydrogen) atoms. The lowest BCUT2D eigenvalue weighted by atomic mass is 10.0. The van der Waals surface area contributed by atoms with Crippen LogP contribution in [0.3, 0.4) is 0 Å². The molecule has 0 amide bonds. The van der Waals surface area contributed by atoms with Gasteiger partial charge in [-0.25, -0.2) is 4.98 Å². The second-order valence-corrected chi connectivity index (χ2v) is 3.93. The number of H-pyrrole nitrogens is 1. The van der Waals surface area contributed by atoms with E-state index in [9.17, 15) is 4.79 Å². The summed E-state index contributed by atoms with van der Waals surface area (Å²) in [6.07, 6.45) is 1.70. The fourth-order valence-corrected chi connectivity index (χ4v) is 1.78. The maximum Gasteiger partial charge on any atom is 0.203 e. The number of carbonyl (C=O) groups is 1. The molecule has 0 radical (unpaired) electrons. The van der Waals surface area contributed by atoms with E-state index in [1.54, 1.807) is 0 Å². The summed E-state index contributed by atoms with van der Waals surface area (Å²) in [4.78, 5) is 15.6. The van der Waals surface area contributed by atoms with Crippen molar-refractivity contribution in [3.05, 3.63) is 47.0 Å². The molecule has 0 atom stereocenters. The molecule has 0 bridgehead atoms. The van der Waals surface area contributed by atoms with E-state index in [1.165, 1.54) is 17.5 Å². The molecule has 1 aromatic carbocycles. The maximum absolute atomic E-state index is 11.8. The van der Waals surface area contributed by atoms with Crippen molar-refractivity contribution in [3.63, 3.8) is 0 Å². The van der Waals surface area contributed by atoms with Crippen molar-refractivity contribution < 1.29 is 4.79 Å². The van der Waals surface area contributed by atoms with Crippen molar-refractivity contribution in [3.8, 4) is 0 Å². The summed E-state index contributed by atoms with van der Waals surface area (Å²) in [6, 6.07) is 6.12. The Morgan fingerprint density at radius 2 is 1.94 bits per heavy atom. The number of ketones is 1. The van der Waals surface area contributed by atoms with Crippen LogP contribution in [0.2, 0.25) is 0 Å². The van der Waals surface area contributed by atoms with Gasteiger partial charge in [0.25, 0.3) is 0 Å². The third-order valence-electron chi connectivity index (χ3n) is 2.33. The first kappa shape index (κ1) is 10.5. The minimum atomic E-state index is -0.0394. The fraction of sp³-hybridized carbons (Fsp3) is 0.250. The lowest BCUT2D eigenvalue weighted by molar-refractivity contribution is 0.0983. The lowest BCUT2D eigenvalue weighted by Gasteiger charge is -2.02. The van der Waals surface area contributed by atoms with Crippen LogP contribution in [0.25, 0.3) is 0 Å². The van der Waals surface area contributed by atoms with Crippen LogP contribution < -0.4 is 0 Å². The predicted molar refractivity (Wildman–Crippen MR) is 60.3 cm³/mol. The monoisotopic (exact) mass is 215 g/mol. The number of hydrogen-bond donors (Lipinski definition) is 1. The number of aromatic nitrogens is 3. The average molecular weight is 215 g/mol. The summed E-state index contributed by atoms with van der Waals surface area (Å²) in [6.45, 7) is 4.05. The normalized spacial score (nSPS) is 10.4. The van der Waals surface area contributed by atoms with Gasteiger partial charge in [-0.2, -0.15) is 5.10 Å². The highest BCUT2D eigenvalue weighted by Crippen LogP contribution is 2.10. The molecule has 4 heteroatoms. The molecule has 0 aliphatic carbocycles. The SMILES string of the molecule is Cc1cc(C)cc(CC(=O)c2ncn[nH]2)c1. The second kappa shape index (κ2) is 4.26. The summed E-state index contributed by atoms with van der Waals surface area (Å²) in [5.74, 6) is 0.279. The molecule has 0 unspecified atom stereocenters. The fourth-order valence-electron chi connectivity index (χ4n) is 1.78. The van der Waals surface area contributed by atoms with Gasteiger partial charge in [0, 0.05) is 6.42 Å². The molecule has 0 saturated heterocycles. The van der Waals surface area contributed by atoms with Gasteiger partial charge in [0.1, 0.15) is 6.33 Å². The molecule has 0 saturated carbocycles. The topological polar surface area (TPSA) is 58.6 Å². The van der Waals surface area contributed by atoms with Crippen molar-refractivity contribution in [2.45, 2.75) is 20.3 Å². The average Bonchev–Trinajstić information content (AvgIpc) is 2.68. The van der Waals surface area contributed by atoms with Crippen LogP contribution in [0.4, 0.5) is 0 Å². The third kappa shape index (κ3) is 2.34. The molecule has 2 aromatic rings. The molecular weight excluding hydrogens is 202 g/mol. The summed E-state index contributed by atoms with van der Waals surface area (Å²) >= 11 is 0. The molecule has 4 nitrogen and oxygen atoms in total. The molecular formula is C12H13N3O. The quantitative estimate of drug-likeness (QED) is 0.795. The lowest BCUT2D eigenvalue weighted by Crippen LogP contribution is -2.06. The predicted octanol–water partition coefficient (Wildman–Crippen LogP) is 1.85. The van der Waals surface area contributed by atoms with E-state index < -0.39 is 0 Å². The van der Waals surface area contributed by atoms with Crippen LogP contribution in [0.15, 0.2) is 24.5 Å². The summed E-state index contributed by atoms with van der Waals surface area (Å²) in [7, 11) is 0. The number of rotatable bonds is 3. The van der Waals surface area contributed by atoms with Crippen molar-refractivity contribution in [1.82, 2.24) is 15.2 Å². The summed E-state index contributed by atoms with van der Waals surface area (Å²) < 4.78 is 0. The number of benzene rings is 1. The number of aryl methyl sites for hydroxylation is 2. The van der Waals surface area contributed by atoms with Crippen LogP contribution in [-0.2, 0) is 6.42 Å². The Hall–Kier alpha value is -1.97. The highest BCUT2D eigenvalue weighted by atomic mass is 16.1. The van der Waals surface area contributed by atoms with Crippen molar-refractivity contribution in [2.75, 3.05) is 0 Å². The molecule has 0 fully saturated rings. The van der Waals surface area contributed by atoms with Gasteiger partial charge >= 0.3 is 0 Å². The van der Waals surface area contributed by atoms with Gasteiger partial charge in [-0.1, -0.05) is 29.3 Å². The van der Waals surface area contributed by atoms with Crippen LogP contribution in [0.1, 0.15) is 27.3 Å². The number of hydrogen-bond acceptors (Lipinski definition) is 3. The van der Waals surface area contributed by atoms with E-state index in [0.717, 1.165) is 5.56 Å². The van der Waals surface area contributed by atoms with Gasteiger partial charge in [-0.3, -0.25) is 9.89 Å². The minimum Gasteiger partial charge on any atom is -0.290 e. The zero-order chi connectivity index (χ0) is 11.5. The first-order chi connectivity index (χ1) is 7.65. The molecule has 1 aromatic heterocycles. The molecule has 0 aliphatic rings. The second-order valence-electron chi connectivity index (χ2n) is 3.93. The van der Waals surface area contributed by atoms with E-state index in [2.05, 4.69) is 21.2 Å². The molecule has 2 rings (SSSR count). The van der Waals surface area contributed by atoms with E-state index >= 15 is 0 Å². The number of Topliss-reactive ketones (excluding diaryl/α,β-unsaturated/α-hetero) is 1. The molecule has 0 spiro atoms. The van der Waals surface area contributed by atoms with Gasteiger partial charge in [-0.05, 0) is 19.4 Å². The summed E-state index contributed by atoms with van der Waals surface area (Å²) in [5, 5.41) is 6.24. The molecule has 1 N–H and O–H groups in total. The smallest absolute Gasteiger partial charge is 0.203 e. The Kier molecular flexibility index (Phi) is 2.81. The van der Waals surface area contributed by atoms with Crippen LogP contribution in [-0.4, -0.2) is 21.0 Å². The van der Waals surface area contributed by atoms with Crippen LogP contribution in [0, 0.1) is 13.8 Å². The summed E-state index contributed by atoms with van der Waals surface area (Å²) in [5.41, 5.74) is 3.35. The Morgan fingerprint density at radius 3 is 2.50 bits per heavy atom. The van der Waals surface area contributed by atoms with Gasteiger partial charge in [0.05, 0.1) is 0 Å². The van der Waals surface area contributed by atoms with E-state index in [1.807, 2.05) is 26.0 Å². The molecule has 1 heterocycles. The number of nitrogens with one attached hydrogen (secondary N) is 1. The van der Waals surface area contributed by atoms with E-state index in [-0.39, 0.29) is 5.78 Å². The third-order valence-corrected chi connectivity index (χ3v) is 2.33. The zero-order valence-corrected chi connectivity index (χ0v) is 9.32. The number of aromatic amines is 1. The van der Waals surface area contributed by atoms with Crippen molar-refractivity contribution in [1.29, 1.82) is 0 Å². The minimum absolute atomic E-state index is 0.0394. The first-order valence-corrected chi connectivity index (χ1v) is 5.11. The first-order valence-electron chi connectivity index (χ1n) is 5.11. The van der Waals surface area contributed by atoms with Gasteiger partial charge in [0.15, 0.2) is 5.82 Å². The van der Waals surface area contributed by atoms with Gasteiger partial charge in [-0.15, -0.1) is 0 Å². The highest BCUT2D eigenvalue weighted by molar-refractivity contribution is 5.93. The maximum atomic E-state index is 11.8. The van der Waals surface area contributed by atoms with Crippen molar-refractivity contribution in [2.24, 2.45) is 0 Å². The van der Waals surface area contributed by atoms with Crippen LogP contribution in [0.5, 0.6) is 0 Å². The van der Waals surface area contributed by atoms with E-state index in [4.69, 9.17) is 0 Å². The molecule has 82 valence electrons. The van der Waals surface area contributed by atoms with Gasteiger partial charge < -0.3 is 0 Å². The van der Waals surface area contributed by atoms with Crippen molar-refractivity contribution >= 4 is 5.78 Å². The largest absolute Gasteiger partial charge is 0.290 e. The van der Waals surface area contributed by atoms with Gasteiger partial charge in [0.2, 0.25) is 5.78 Å². The highest BCUT2D eigenvalue weighted by Gasteiger charge is 2.10.